The van der Waals surface area contributed by atoms with Crippen molar-refractivity contribution in [1.29, 1.82) is 0 Å². The Bertz CT molecular complexity index is 574. The van der Waals surface area contributed by atoms with Gasteiger partial charge in [0.05, 0.1) is 13.2 Å². The molecule has 6 nitrogen and oxygen atoms in total. The molecule has 0 bridgehead atoms. The molecule has 1 aromatic rings. The first-order valence-electron chi connectivity index (χ1n) is 6.55. The van der Waals surface area contributed by atoms with Gasteiger partial charge in [-0.1, -0.05) is 6.42 Å². The standard InChI is InChI=1S/C13H20N2O4S/c1-19-12-7-10(14)5-6-13(12)20(17,18)15-8-9-3-2-4-11(9)16/h5-7,9,11,15-16H,2-4,8,14H2,1H3. The summed E-state index contributed by atoms with van der Waals surface area (Å²) in [6.45, 7) is 0.233. The summed E-state index contributed by atoms with van der Waals surface area (Å²) in [5.41, 5.74) is 6.05. The fourth-order valence-corrected chi connectivity index (χ4v) is 3.70. The van der Waals surface area contributed by atoms with Crippen LogP contribution in [0, 0.1) is 5.92 Å². The average Bonchev–Trinajstić information content (AvgIpc) is 2.81. The monoisotopic (exact) mass is 300 g/mol. The molecule has 1 aliphatic carbocycles. The molecule has 112 valence electrons. The number of sulfonamides is 1. The molecular weight excluding hydrogens is 280 g/mol. The number of benzene rings is 1. The Morgan fingerprint density at radius 2 is 2.20 bits per heavy atom. The summed E-state index contributed by atoms with van der Waals surface area (Å²) in [4.78, 5) is 0.0571. The van der Waals surface area contributed by atoms with E-state index in [1.165, 1.54) is 25.3 Å². The zero-order valence-corrected chi connectivity index (χ0v) is 12.2. The molecular formula is C13H20N2O4S. The van der Waals surface area contributed by atoms with Gasteiger partial charge < -0.3 is 15.6 Å². The first-order valence-corrected chi connectivity index (χ1v) is 8.03. The number of methoxy groups -OCH3 is 1. The van der Waals surface area contributed by atoms with Gasteiger partial charge in [-0.2, -0.15) is 0 Å². The third kappa shape index (κ3) is 3.23. The zero-order valence-electron chi connectivity index (χ0n) is 11.4. The SMILES string of the molecule is COc1cc(N)ccc1S(=O)(=O)NCC1CCCC1O. The summed E-state index contributed by atoms with van der Waals surface area (Å²) >= 11 is 0. The summed E-state index contributed by atoms with van der Waals surface area (Å²) in [6, 6.07) is 4.40. The highest BCUT2D eigenvalue weighted by Gasteiger charge is 2.27. The van der Waals surface area contributed by atoms with E-state index in [9.17, 15) is 13.5 Å². The summed E-state index contributed by atoms with van der Waals surface area (Å²) in [6.07, 6.45) is 2.07. The smallest absolute Gasteiger partial charge is 0.244 e. The number of rotatable bonds is 5. The van der Waals surface area contributed by atoms with Crippen LogP contribution < -0.4 is 15.2 Å². The van der Waals surface area contributed by atoms with Crippen molar-refractivity contribution in [3.8, 4) is 5.75 Å². The fraction of sp³-hybridized carbons (Fsp3) is 0.538. The Morgan fingerprint density at radius 3 is 2.80 bits per heavy atom. The van der Waals surface area contributed by atoms with E-state index in [1.54, 1.807) is 0 Å². The van der Waals surface area contributed by atoms with E-state index in [0.717, 1.165) is 19.3 Å². The van der Waals surface area contributed by atoms with Gasteiger partial charge in [0.2, 0.25) is 10.0 Å². The molecule has 0 aromatic heterocycles. The number of hydrogen-bond acceptors (Lipinski definition) is 5. The van der Waals surface area contributed by atoms with E-state index < -0.39 is 16.1 Å². The van der Waals surface area contributed by atoms with Crippen molar-refractivity contribution in [3.63, 3.8) is 0 Å². The molecule has 2 atom stereocenters. The number of aliphatic hydroxyl groups is 1. The minimum atomic E-state index is -3.67. The predicted octanol–water partition coefficient (Wildman–Crippen LogP) is 0.717. The lowest BCUT2D eigenvalue weighted by Crippen LogP contribution is -2.32. The van der Waals surface area contributed by atoms with Crippen LogP contribution in [0.25, 0.3) is 0 Å². The molecule has 0 radical (unpaired) electrons. The third-order valence-electron chi connectivity index (χ3n) is 3.63. The van der Waals surface area contributed by atoms with Crippen LogP contribution in [0.4, 0.5) is 5.69 Å². The summed E-state index contributed by atoms with van der Waals surface area (Å²) in [5, 5.41) is 9.72. The highest BCUT2D eigenvalue weighted by Crippen LogP contribution is 2.28. The largest absolute Gasteiger partial charge is 0.495 e. The number of nitrogens with two attached hydrogens (primary N) is 1. The molecule has 0 aliphatic heterocycles. The van der Waals surface area contributed by atoms with Gasteiger partial charge in [0.25, 0.3) is 0 Å². The predicted molar refractivity (Wildman–Crippen MR) is 75.9 cm³/mol. The van der Waals surface area contributed by atoms with Crippen molar-refractivity contribution in [2.45, 2.75) is 30.3 Å². The molecule has 2 rings (SSSR count). The van der Waals surface area contributed by atoms with Gasteiger partial charge >= 0.3 is 0 Å². The second-order valence-electron chi connectivity index (χ2n) is 5.02. The number of anilines is 1. The molecule has 0 spiro atoms. The van der Waals surface area contributed by atoms with E-state index in [1.807, 2.05) is 0 Å². The second-order valence-corrected chi connectivity index (χ2v) is 6.76. The van der Waals surface area contributed by atoms with Crippen molar-refractivity contribution in [2.24, 2.45) is 5.92 Å². The number of ether oxygens (including phenoxy) is 1. The van der Waals surface area contributed by atoms with Crippen molar-refractivity contribution in [1.82, 2.24) is 4.72 Å². The van der Waals surface area contributed by atoms with E-state index in [4.69, 9.17) is 10.5 Å². The summed E-state index contributed by atoms with van der Waals surface area (Å²) < 4.78 is 32.1. The van der Waals surface area contributed by atoms with E-state index >= 15 is 0 Å². The number of hydrogen-bond donors (Lipinski definition) is 3. The molecule has 1 aliphatic rings. The number of nitrogen functional groups attached to an aromatic ring is 1. The highest BCUT2D eigenvalue weighted by atomic mass is 32.2. The number of aliphatic hydroxyl groups excluding tert-OH is 1. The average molecular weight is 300 g/mol. The number of nitrogens with one attached hydrogen (secondary N) is 1. The van der Waals surface area contributed by atoms with Crippen LogP contribution in [0.2, 0.25) is 0 Å². The minimum Gasteiger partial charge on any atom is -0.495 e. The van der Waals surface area contributed by atoms with Crippen molar-refractivity contribution < 1.29 is 18.3 Å². The fourth-order valence-electron chi connectivity index (χ4n) is 2.46. The van der Waals surface area contributed by atoms with Crippen molar-refractivity contribution in [2.75, 3.05) is 19.4 Å². The molecule has 0 amide bonds. The molecule has 0 saturated heterocycles. The second kappa shape index (κ2) is 5.99. The van der Waals surface area contributed by atoms with Crippen LogP contribution in [0.3, 0.4) is 0 Å². The molecule has 1 saturated carbocycles. The lowest BCUT2D eigenvalue weighted by molar-refractivity contribution is 0.134. The molecule has 2 unspecified atom stereocenters. The van der Waals surface area contributed by atoms with Crippen LogP contribution in [-0.2, 0) is 10.0 Å². The van der Waals surface area contributed by atoms with Gasteiger partial charge in [-0.15, -0.1) is 0 Å². The van der Waals surface area contributed by atoms with Crippen LogP contribution in [-0.4, -0.2) is 33.3 Å². The maximum atomic E-state index is 12.3. The lowest BCUT2D eigenvalue weighted by Gasteiger charge is -2.16. The molecule has 4 N–H and O–H groups in total. The van der Waals surface area contributed by atoms with Gasteiger partial charge in [0, 0.05) is 18.3 Å². The highest BCUT2D eigenvalue weighted by molar-refractivity contribution is 7.89. The Morgan fingerprint density at radius 1 is 1.45 bits per heavy atom. The van der Waals surface area contributed by atoms with Crippen LogP contribution in [0.15, 0.2) is 23.1 Å². The minimum absolute atomic E-state index is 0.0236. The van der Waals surface area contributed by atoms with E-state index in [-0.39, 0.29) is 23.1 Å². The van der Waals surface area contributed by atoms with Crippen LogP contribution in [0.5, 0.6) is 5.75 Å². The van der Waals surface area contributed by atoms with E-state index in [2.05, 4.69) is 4.72 Å². The maximum absolute atomic E-state index is 12.3. The molecule has 0 heterocycles. The quantitative estimate of drug-likeness (QED) is 0.695. The van der Waals surface area contributed by atoms with Gasteiger partial charge in [0.1, 0.15) is 10.6 Å². The molecule has 7 heteroatoms. The topological polar surface area (TPSA) is 102 Å². The summed E-state index contributed by atoms with van der Waals surface area (Å²) in [5.74, 6) is 0.189. The van der Waals surface area contributed by atoms with Crippen molar-refractivity contribution in [3.05, 3.63) is 18.2 Å². The van der Waals surface area contributed by atoms with Gasteiger partial charge in [-0.05, 0) is 30.9 Å². The Kier molecular flexibility index (Phi) is 4.52. The van der Waals surface area contributed by atoms with Gasteiger partial charge in [-0.25, -0.2) is 13.1 Å². The first kappa shape index (κ1) is 15.1. The van der Waals surface area contributed by atoms with Crippen LogP contribution >= 0.6 is 0 Å². The Labute approximate surface area is 119 Å². The van der Waals surface area contributed by atoms with Gasteiger partial charge in [0.15, 0.2) is 0 Å². The van der Waals surface area contributed by atoms with E-state index in [0.29, 0.717) is 5.69 Å². The normalized spacial score (nSPS) is 22.9. The zero-order chi connectivity index (χ0) is 14.8. The van der Waals surface area contributed by atoms with Gasteiger partial charge in [-0.3, -0.25) is 0 Å². The molecule has 1 fully saturated rings. The third-order valence-corrected chi connectivity index (χ3v) is 5.09. The summed E-state index contributed by atoms with van der Waals surface area (Å²) in [7, 11) is -2.28. The lowest BCUT2D eigenvalue weighted by atomic mass is 10.1. The maximum Gasteiger partial charge on any atom is 0.244 e. The molecule has 1 aromatic carbocycles. The van der Waals surface area contributed by atoms with Crippen molar-refractivity contribution >= 4 is 15.7 Å². The first-order chi connectivity index (χ1) is 9.44. The Hall–Kier alpha value is -1.31. The van der Waals surface area contributed by atoms with Crippen LogP contribution in [0.1, 0.15) is 19.3 Å². The molecule has 20 heavy (non-hydrogen) atoms. The Balaban J connectivity index is 2.14.